The van der Waals surface area contributed by atoms with Crippen LogP contribution in [-0.4, -0.2) is 38.6 Å². The standard InChI is InChI=1S/C16H27BrN2/c1-5-14(11-18-3)12-19(4)9-8-15-10-16(17)7-6-13(15)2/h6-7,10,14,18H,5,8-9,11-12H2,1-4H3. The summed E-state index contributed by atoms with van der Waals surface area (Å²) in [5.74, 6) is 0.749. The van der Waals surface area contributed by atoms with Crippen LogP contribution in [0.1, 0.15) is 24.5 Å². The molecule has 0 aromatic heterocycles. The molecular weight excluding hydrogens is 300 g/mol. The fraction of sp³-hybridized carbons (Fsp3) is 0.625. The van der Waals surface area contributed by atoms with Crippen molar-refractivity contribution in [2.75, 3.05) is 33.7 Å². The van der Waals surface area contributed by atoms with Crippen LogP contribution in [0.5, 0.6) is 0 Å². The van der Waals surface area contributed by atoms with Crippen molar-refractivity contribution in [3.05, 3.63) is 33.8 Å². The first-order chi connectivity index (χ1) is 9.06. The zero-order valence-corrected chi connectivity index (χ0v) is 14.3. The molecule has 0 saturated heterocycles. The highest BCUT2D eigenvalue weighted by Gasteiger charge is 2.09. The lowest BCUT2D eigenvalue weighted by atomic mass is 10.0. The predicted molar refractivity (Wildman–Crippen MR) is 87.8 cm³/mol. The van der Waals surface area contributed by atoms with E-state index >= 15 is 0 Å². The number of hydrogen-bond acceptors (Lipinski definition) is 2. The molecule has 0 radical (unpaired) electrons. The van der Waals surface area contributed by atoms with E-state index in [1.807, 2.05) is 7.05 Å². The topological polar surface area (TPSA) is 15.3 Å². The molecule has 0 heterocycles. The highest BCUT2D eigenvalue weighted by molar-refractivity contribution is 9.10. The summed E-state index contributed by atoms with van der Waals surface area (Å²) in [6.45, 7) is 7.87. The smallest absolute Gasteiger partial charge is 0.0178 e. The third kappa shape index (κ3) is 6.07. The number of rotatable bonds is 8. The van der Waals surface area contributed by atoms with Gasteiger partial charge in [0.15, 0.2) is 0 Å². The van der Waals surface area contributed by atoms with Crippen molar-refractivity contribution < 1.29 is 0 Å². The lowest BCUT2D eigenvalue weighted by Gasteiger charge is -2.23. The Morgan fingerprint density at radius 2 is 2.11 bits per heavy atom. The summed E-state index contributed by atoms with van der Waals surface area (Å²) in [6, 6.07) is 6.55. The van der Waals surface area contributed by atoms with Crippen molar-refractivity contribution in [3.63, 3.8) is 0 Å². The molecule has 0 saturated carbocycles. The van der Waals surface area contributed by atoms with E-state index in [0.29, 0.717) is 0 Å². The molecule has 1 unspecified atom stereocenters. The summed E-state index contributed by atoms with van der Waals surface area (Å²) in [7, 11) is 4.26. The summed E-state index contributed by atoms with van der Waals surface area (Å²) in [5, 5.41) is 3.28. The van der Waals surface area contributed by atoms with Gasteiger partial charge in [-0.3, -0.25) is 0 Å². The quantitative estimate of drug-likeness (QED) is 0.786. The first-order valence-corrected chi connectivity index (χ1v) is 7.94. The van der Waals surface area contributed by atoms with Crippen molar-refractivity contribution in [1.82, 2.24) is 10.2 Å². The van der Waals surface area contributed by atoms with Crippen LogP contribution in [0.2, 0.25) is 0 Å². The summed E-state index contributed by atoms with van der Waals surface area (Å²) in [6.07, 6.45) is 2.36. The Kier molecular flexibility index (Phi) is 7.66. The van der Waals surface area contributed by atoms with Gasteiger partial charge in [-0.15, -0.1) is 0 Å². The highest BCUT2D eigenvalue weighted by atomic mass is 79.9. The number of nitrogens with zero attached hydrogens (tertiary/aromatic N) is 1. The van der Waals surface area contributed by atoms with Crippen LogP contribution in [0.4, 0.5) is 0 Å². The third-order valence-corrected chi connectivity index (χ3v) is 4.21. The molecule has 108 valence electrons. The summed E-state index contributed by atoms with van der Waals surface area (Å²) in [5.41, 5.74) is 2.83. The molecule has 0 aliphatic rings. The summed E-state index contributed by atoms with van der Waals surface area (Å²) < 4.78 is 1.18. The maximum Gasteiger partial charge on any atom is 0.0178 e. The molecule has 1 N–H and O–H groups in total. The van der Waals surface area contributed by atoms with Crippen LogP contribution in [0.15, 0.2) is 22.7 Å². The van der Waals surface area contributed by atoms with Gasteiger partial charge in [0.05, 0.1) is 0 Å². The molecule has 1 rings (SSSR count). The van der Waals surface area contributed by atoms with Gasteiger partial charge in [0.2, 0.25) is 0 Å². The zero-order chi connectivity index (χ0) is 14.3. The van der Waals surface area contributed by atoms with Crippen molar-refractivity contribution in [2.45, 2.75) is 26.7 Å². The minimum atomic E-state index is 0.749. The molecule has 1 aromatic rings. The van der Waals surface area contributed by atoms with Gasteiger partial charge in [-0.2, -0.15) is 0 Å². The molecule has 0 fully saturated rings. The summed E-state index contributed by atoms with van der Waals surface area (Å²) >= 11 is 3.55. The predicted octanol–water partition coefficient (Wildman–Crippen LogP) is 3.48. The van der Waals surface area contributed by atoms with E-state index in [4.69, 9.17) is 0 Å². The van der Waals surface area contributed by atoms with E-state index in [0.717, 1.165) is 25.4 Å². The maximum absolute atomic E-state index is 3.55. The molecule has 0 amide bonds. The lowest BCUT2D eigenvalue weighted by molar-refractivity contribution is 0.271. The Morgan fingerprint density at radius 1 is 1.37 bits per heavy atom. The second-order valence-electron chi connectivity index (χ2n) is 5.42. The van der Waals surface area contributed by atoms with Crippen LogP contribution in [0, 0.1) is 12.8 Å². The zero-order valence-electron chi connectivity index (χ0n) is 12.7. The van der Waals surface area contributed by atoms with E-state index in [-0.39, 0.29) is 0 Å². The lowest BCUT2D eigenvalue weighted by Crippen LogP contribution is -2.32. The van der Waals surface area contributed by atoms with Gasteiger partial charge in [0, 0.05) is 17.6 Å². The highest BCUT2D eigenvalue weighted by Crippen LogP contribution is 2.17. The minimum absolute atomic E-state index is 0.749. The van der Waals surface area contributed by atoms with E-state index in [2.05, 4.69) is 65.2 Å². The van der Waals surface area contributed by atoms with Gasteiger partial charge in [-0.05, 0) is 63.2 Å². The van der Waals surface area contributed by atoms with Crippen molar-refractivity contribution in [2.24, 2.45) is 5.92 Å². The number of halogens is 1. The largest absolute Gasteiger partial charge is 0.319 e. The fourth-order valence-corrected chi connectivity index (χ4v) is 2.79. The molecule has 1 aromatic carbocycles. The normalized spacial score (nSPS) is 12.9. The first-order valence-electron chi connectivity index (χ1n) is 7.15. The van der Waals surface area contributed by atoms with E-state index in [1.165, 1.54) is 28.6 Å². The molecule has 0 aliphatic heterocycles. The van der Waals surface area contributed by atoms with E-state index < -0.39 is 0 Å². The van der Waals surface area contributed by atoms with Crippen LogP contribution < -0.4 is 5.32 Å². The molecule has 1 atom stereocenters. The van der Waals surface area contributed by atoms with Crippen LogP contribution >= 0.6 is 15.9 Å². The van der Waals surface area contributed by atoms with Crippen molar-refractivity contribution >= 4 is 15.9 Å². The van der Waals surface area contributed by atoms with Crippen LogP contribution in [0.25, 0.3) is 0 Å². The Balaban J connectivity index is 2.45. The minimum Gasteiger partial charge on any atom is -0.319 e. The van der Waals surface area contributed by atoms with Crippen LogP contribution in [-0.2, 0) is 6.42 Å². The molecule has 0 spiro atoms. The molecule has 3 heteroatoms. The van der Waals surface area contributed by atoms with Crippen molar-refractivity contribution in [1.29, 1.82) is 0 Å². The monoisotopic (exact) mass is 326 g/mol. The van der Waals surface area contributed by atoms with Gasteiger partial charge < -0.3 is 10.2 Å². The average Bonchev–Trinajstić information content (AvgIpc) is 2.39. The number of benzene rings is 1. The maximum atomic E-state index is 3.55. The number of hydrogen-bond donors (Lipinski definition) is 1. The number of likely N-dealkylation sites (N-methyl/N-ethyl adjacent to an activating group) is 1. The first kappa shape index (κ1) is 16.7. The van der Waals surface area contributed by atoms with E-state index in [1.54, 1.807) is 0 Å². The van der Waals surface area contributed by atoms with Gasteiger partial charge in [-0.1, -0.05) is 35.3 Å². The molecule has 2 nitrogen and oxygen atoms in total. The average molecular weight is 327 g/mol. The Labute approximate surface area is 126 Å². The Hall–Kier alpha value is -0.380. The third-order valence-electron chi connectivity index (χ3n) is 3.71. The van der Waals surface area contributed by atoms with Gasteiger partial charge in [0.1, 0.15) is 0 Å². The Bertz CT molecular complexity index is 379. The summed E-state index contributed by atoms with van der Waals surface area (Å²) in [4.78, 5) is 2.45. The molecular formula is C16H27BrN2. The SMILES string of the molecule is CCC(CNC)CN(C)CCc1cc(Br)ccc1C. The van der Waals surface area contributed by atoms with Gasteiger partial charge in [-0.25, -0.2) is 0 Å². The molecule has 19 heavy (non-hydrogen) atoms. The number of nitrogens with one attached hydrogen (secondary N) is 1. The van der Waals surface area contributed by atoms with Gasteiger partial charge >= 0.3 is 0 Å². The number of aryl methyl sites for hydroxylation is 1. The van der Waals surface area contributed by atoms with Crippen molar-refractivity contribution in [3.8, 4) is 0 Å². The van der Waals surface area contributed by atoms with E-state index in [9.17, 15) is 0 Å². The van der Waals surface area contributed by atoms with Crippen LogP contribution in [0.3, 0.4) is 0 Å². The second kappa shape index (κ2) is 8.72. The second-order valence-corrected chi connectivity index (χ2v) is 6.33. The molecule has 0 aliphatic carbocycles. The van der Waals surface area contributed by atoms with Gasteiger partial charge in [0.25, 0.3) is 0 Å². The Morgan fingerprint density at radius 3 is 2.74 bits per heavy atom. The molecule has 0 bridgehead atoms. The fourth-order valence-electron chi connectivity index (χ4n) is 2.38.